The molecule has 0 saturated heterocycles. The average molecular weight is 463 g/mol. The summed E-state index contributed by atoms with van der Waals surface area (Å²) in [5, 5.41) is 14.5. The Balaban J connectivity index is 2.66. The van der Waals surface area contributed by atoms with Gasteiger partial charge in [-0.25, -0.2) is 0 Å². The number of hydrogen-bond acceptors (Lipinski definition) is 7. The van der Waals surface area contributed by atoms with Crippen molar-refractivity contribution in [3.05, 3.63) is 0 Å². The quantitative estimate of drug-likeness (QED) is 0.138. The zero-order valence-corrected chi connectivity index (χ0v) is 19.9. The SMILES string of the molecule is CC[C@@H](N[C@@H](CC(C)C)C(=O)N[C@@H](CCCCNC1=NCCN1)C(=O)NC)P(=O)(O)O. The summed E-state index contributed by atoms with van der Waals surface area (Å²) in [6.45, 7) is 7.80. The first-order valence-electron chi connectivity index (χ1n) is 10.9. The van der Waals surface area contributed by atoms with E-state index in [1.807, 2.05) is 13.8 Å². The number of amides is 2. The number of aliphatic imine (C=N–C) groups is 1. The van der Waals surface area contributed by atoms with Gasteiger partial charge in [-0.05, 0) is 38.0 Å². The zero-order chi connectivity index (χ0) is 23.4. The first kappa shape index (κ1) is 27.4. The molecule has 0 aromatic heterocycles. The molecule has 1 heterocycles. The van der Waals surface area contributed by atoms with Crippen LogP contribution in [0, 0.1) is 5.92 Å². The Labute approximate surface area is 184 Å². The van der Waals surface area contributed by atoms with Gasteiger partial charge in [0.15, 0.2) is 5.96 Å². The molecule has 31 heavy (non-hydrogen) atoms. The van der Waals surface area contributed by atoms with Crippen LogP contribution in [0.3, 0.4) is 0 Å². The lowest BCUT2D eigenvalue weighted by molar-refractivity contribution is -0.130. The zero-order valence-electron chi connectivity index (χ0n) is 19.0. The van der Waals surface area contributed by atoms with E-state index in [0.29, 0.717) is 25.8 Å². The topological polar surface area (TPSA) is 164 Å². The monoisotopic (exact) mass is 462 g/mol. The van der Waals surface area contributed by atoms with Crippen LogP contribution >= 0.6 is 7.60 Å². The van der Waals surface area contributed by atoms with Gasteiger partial charge >= 0.3 is 7.60 Å². The second-order valence-electron chi connectivity index (χ2n) is 8.12. The third kappa shape index (κ3) is 10.5. The Morgan fingerprint density at radius 2 is 1.90 bits per heavy atom. The van der Waals surface area contributed by atoms with Crippen LogP contribution in [0.2, 0.25) is 0 Å². The predicted molar refractivity (Wildman–Crippen MR) is 121 cm³/mol. The fraction of sp³-hybridized carbons (Fsp3) is 0.842. The van der Waals surface area contributed by atoms with Crippen LogP contribution in [-0.4, -0.2) is 72.1 Å². The standard InChI is InChI=1S/C19H39N6O5P/c1-5-16(31(28,29)30)24-15(12-13(2)3)18(27)25-14(17(26)20-4)8-6-7-9-21-19-22-10-11-23-19/h13-16,24H,5-12H2,1-4H3,(H,20,26)(H,25,27)(H2,21,22,23)(H2,28,29,30)/t14-,15-,16-/m0/s1. The summed E-state index contributed by atoms with van der Waals surface area (Å²) in [6, 6.07) is -1.52. The second-order valence-corrected chi connectivity index (χ2v) is 9.92. The second kappa shape index (κ2) is 13.7. The van der Waals surface area contributed by atoms with Crippen molar-refractivity contribution in [3.63, 3.8) is 0 Å². The average Bonchev–Trinajstić information content (AvgIpc) is 3.21. The van der Waals surface area contributed by atoms with Crippen molar-refractivity contribution in [1.82, 2.24) is 26.6 Å². The van der Waals surface area contributed by atoms with Crippen LogP contribution in [-0.2, 0) is 14.2 Å². The van der Waals surface area contributed by atoms with E-state index in [0.717, 1.165) is 25.5 Å². The Morgan fingerprint density at radius 1 is 1.19 bits per heavy atom. The van der Waals surface area contributed by atoms with Gasteiger partial charge in [0.25, 0.3) is 0 Å². The highest BCUT2D eigenvalue weighted by atomic mass is 31.2. The van der Waals surface area contributed by atoms with Gasteiger partial charge in [-0.3, -0.25) is 24.5 Å². The molecule has 11 nitrogen and oxygen atoms in total. The van der Waals surface area contributed by atoms with E-state index in [-0.39, 0.29) is 18.2 Å². The minimum atomic E-state index is -4.40. The molecule has 0 bridgehead atoms. The highest BCUT2D eigenvalue weighted by Gasteiger charge is 2.33. The van der Waals surface area contributed by atoms with Crippen molar-refractivity contribution in [2.24, 2.45) is 10.9 Å². The lowest BCUT2D eigenvalue weighted by atomic mass is 10.0. The summed E-state index contributed by atoms with van der Waals surface area (Å²) < 4.78 is 11.7. The van der Waals surface area contributed by atoms with E-state index in [1.165, 1.54) is 7.05 Å². The molecule has 180 valence electrons. The Bertz CT molecular complexity index is 654. The molecular weight excluding hydrogens is 423 g/mol. The number of unbranched alkanes of at least 4 members (excludes halogenated alkanes) is 1. The maximum atomic E-state index is 12.9. The number of nitrogens with zero attached hydrogens (tertiary/aromatic N) is 1. The molecule has 2 amide bonds. The van der Waals surface area contributed by atoms with Crippen molar-refractivity contribution in [2.75, 3.05) is 26.7 Å². The summed E-state index contributed by atoms with van der Waals surface area (Å²) in [7, 11) is -2.89. The van der Waals surface area contributed by atoms with Crippen LogP contribution < -0.4 is 26.6 Å². The third-order valence-electron chi connectivity index (χ3n) is 4.98. The molecule has 1 rings (SSSR count). The van der Waals surface area contributed by atoms with Crippen molar-refractivity contribution < 1.29 is 23.9 Å². The van der Waals surface area contributed by atoms with Gasteiger partial charge in [-0.2, -0.15) is 0 Å². The van der Waals surface area contributed by atoms with E-state index in [4.69, 9.17) is 0 Å². The predicted octanol–water partition coefficient (Wildman–Crippen LogP) is -0.146. The molecule has 0 fully saturated rings. The fourth-order valence-electron chi connectivity index (χ4n) is 3.32. The van der Waals surface area contributed by atoms with Crippen LogP contribution in [0.5, 0.6) is 0 Å². The number of guanidine groups is 1. The molecule has 0 aromatic rings. The van der Waals surface area contributed by atoms with E-state index < -0.39 is 31.4 Å². The Morgan fingerprint density at radius 3 is 2.42 bits per heavy atom. The van der Waals surface area contributed by atoms with Gasteiger partial charge in [0.05, 0.1) is 12.6 Å². The molecule has 0 saturated carbocycles. The first-order valence-corrected chi connectivity index (χ1v) is 12.6. The normalized spacial score (nSPS) is 16.8. The van der Waals surface area contributed by atoms with Crippen molar-refractivity contribution in [2.45, 2.75) is 70.7 Å². The minimum absolute atomic E-state index is 0.120. The molecule has 0 aromatic carbocycles. The number of likely N-dealkylation sites (N-methyl/N-ethyl adjacent to an activating group) is 1. The molecule has 12 heteroatoms. The number of rotatable bonds is 14. The van der Waals surface area contributed by atoms with Crippen LogP contribution in [0.1, 0.15) is 52.9 Å². The van der Waals surface area contributed by atoms with Gasteiger partial charge in [0, 0.05) is 20.1 Å². The van der Waals surface area contributed by atoms with Crippen LogP contribution in [0.25, 0.3) is 0 Å². The van der Waals surface area contributed by atoms with Gasteiger partial charge in [-0.1, -0.05) is 20.8 Å². The lowest BCUT2D eigenvalue weighted by Gasteiger charge is -2.28. The molecule has 0 unspecified atom stereocenters. The Kier molecular flexibility index (Phi) is 12.1. The van der Waals surface area contributed by atoms with E-state index in [2.05, 4.69) is 31.6 Å². The number of carbonyl (C=O) groups is 2. The third-order valence-corrected chi connectivity index (χ3v) is 6.30. The minimum Gasteiger partial charge on any atom is -0.357 e. The number of carbonyl (C=O) groups excluding carboxylic acids is 2. The number of nitrogens with one attached hydrogen (secondary N) is 5. The van der Waals surface area contributed by atoms with Gasteiger partial charge < -0.3 is 31.1 Å². The van der Waals surface area contributed by atoms with E-state index >= 15 is 0 Å². The molecule has 1 aliphatic rings. The highest BCUT2D eigenvalue weighted by Crippen LogP contribution is 2.41. The van der Waals surface area contributed by atoms with Crippen molar-refractivity contribution >= 4 is 25.4 Å². The van der Waals surface area contributed by atoms with Crippen LogP contribution in [0.15, 0.2) is 4.99 Å². The van der Waals surface area contributed by atoms with E-state index in [1.54, 1.807) is 6.92 Å². The fourth-order valence-corrected chi connectivity index (χ4v) is 4.17. The Hall–Kier alpha value is -1.68. The maximum Gasteiger partial charge on any atom is 0.342 e. The van der Waals surface area contributed by atoms with Crippen molar-refractivity contribution in [1.29, 1.82) is 0 Å². The molecule has 0 radical (unpaired) electrons. The van der Waals surface area contributed by atoms with E-state index in [9.17, 15) is 23.9 Å². The van der Waals surface area contributed by atoms with Crippen molar-refractivity contribution in [3.8, 4) is 0 Å². The number of hydrogen-bond donors (Lipinski definition) is 7. The molecular formula is C19H39N6O5P. The summed E-state index contributed by atoms with van der Waals surface area (Å²) in [5.74, 6) is -0.938. The lowest BCUT2D eigenvalue weighted by Crippen LogP contribution is -2.54. The molecule has 3 atom stereocenters. The first-order chi connectivity index (χ1) is 14.6. The molecule has 7 N–H and O–H groups in total. The van der Waals surface area contributed by atoms with Gasteiger partial charge in [0.1, 0.15) is 11.8 Å². The summed E-state index contributed by atoms with van der Waals surface area (Å²) >= 11 is 0. The van der Waals surface area contributed by atoms with Gasteiger partial charge in [-0.15, -0.1) is 0 Å². The maximum absolute atomic E-state index is 12.9. The highest BCUT2D eigenvalue weighted by molar-refractivity contribution is 7.52. The smallest absolute Gasteiger partial charge is 0.342 e. The van der Waals surface area contributed by atoms with Gasteiger partial charge in [0.2, 0.25) is 11.8 Å². The summed E-state index contributed by atoms with van der Waals surface area (Å²) in [4.78, 5) is 48.5. The summed E-state index contributed by atoms with van der Waals surface area (Å²) in [6.07, 6.45) is 2.53. The summed E-state index contributed by atoms with van der Waals surface area (Å²) in [5.41, 5.74) is 0. The molecule has 0 aliphatic carbocycles. The molecule has 1 aliphatic heterocycles. The largest absolute Gasteiger partial charge is 0.357 e. The molecule has 0 spiro atoms. The van der Waals surface area contributed by atoms with Crippen LogP contribution in [0.4, 0.5) is 0 Å².